The Balaban J connectivity index is 1.98. The molecule has 0 aromatic carbocycles. The number of hydrogen-bond acceptors (Lipinski definition) is 4. The van der Waals surface area contributed by atoms with Crippen LogP contribution in [0.4, 0.5) is 5.69 Å². The number of carbonyl (C=O) groups excluding carboxylic acids is 1. The van der Waals surface area contributed by atoms with E-state index in [0.717, 1.165) is 31.7 Å². The van der Waals surface area contributed by atoms with Gasteiger partial charge in [-0.1, -0.05) is 20.8 Å². The molecule has 1 aromatic rings. The van der Waals surface area contributed by atoms with Gasteiger partial charge in [0.15, 0.2) is 5.69 Å². The van der Waals surface area contributed by atoms with Gasteiger partial charge in [-0.3, -0.25) is 9.89 Å². The molecule has 2 rings (SSSR count). The molecule has 1 amide bonds. The Morgan fingerprint density at radius 3 is 2.70 bits per heavy atom. The molecule has 1 aromatic heterocycles. The Labute approximate surface area is 119 Å². The van der Waals surface area contributed by atoms with Crippen molar-refractivity contribution in [2.24, 2.45) is 5.41 Å². The lowest BCUT2D eigenvalue weighted by Gasteiger charge is -2.33. The Morgan fingerprint density at radius 2 is 2.15 bits per heavy atom. The molecular weight excluding hydrogens is 256 g/mol. The van der Waals surface area contributed by atoms with Crippen molar-refractivity contribution in [3.8, 4) is 0 Å². The smallest absolute Gasteiger partial charge is 0.273 e. The van der Waals surface area contributed by atoms with Gasteiger partial charge in [-0.15, -0.1) is 0 Å². The van der Waals surface area contributed by atoms with Crippen molar-refractivity contribution >= 4 is 11.6 Å². The zero-order chi connectivity index (χ0) is 14.8. The number of ether oxygens (including phenoxy) is 1. The summed E-state index contributed by atoms with van der Waals surface area (Å²) in [4.78, 5) is 12.2. The molecule has 0 saturated carbocycles. The van der Waals surface area contributed by atoms with E-state index in [-0.39, 0.29) is 17.2 Å². The number of nitrogen functional groups attached to an aromatic ring is 1. The highest BCUT2D eigenvalue weighted by molar-refractivity contribution is 5.97. The maximum Gasteiger partial charge on any atom is 0.273 e. The van der Waals surface area contributed by atoms with Gasteiger partial charge in [-0.05, 0) is 24.2 Å². The predicted octanol–water partition coefficient (Wildman–Crippen LogP) is 1.66. The lowest BCUT2D eigenvalue weighted by Crippen LogP contribution is -2.39. The first-order valence-corrected chi connectivity index (χ1v) is 7.12. The summed E-state index contributed by atoms with van der Waals surface area (Å²) < 4.78 is 5.36. The molecule has 1 aliphatic rings. The van der Waals surface area contributed by atoms with Crippen LogP contribution in [0.15, 0.2) is 0 Å². The first-order valence-electron chi connectivity index (χ1n) is 7.12. The molecule has 4 N–H and O–H groups in total. The number of aromatic nitrogens is 2. The molecular formula is C14H24N4O2. The average molecular weight is 280 g/mol. The minimum Gasteiger partial charge on any atom is -0.395 e. The van der Waals surface area contributed by atoms with E-state index in [0.29, 0.717) is 17.9 Å². The Morgan fingerprint density at radius 1 is 1.50 bits per heavy atom. The molecule has 0 unspecified atom stereocenters. The van der Waals surface area contributed by atoms with Crippen LogP contribution in [0.5, 0.6) is 0 Å². The third-order valence-corrected chi connectivity index (χ3v) is 4.00. The summed E-state index contributed by atoms with van der Waals surface area (Å²) in [5, 5.41) is 9.83. The molecule has 2 heterocycles. The normalized spacial score (nSPS) is 18.2. The van der Waals surface area contributed by atoms with E-state index in [1.807, 2.05) is 13.8 Å². The molecule has 0 bridgehead atoms. The highest BCUT2D eigenvalue weighted by Crippen LogP contribution is 2.29. The number of hydrogen-bond donors (Lipinski definition) is 3. The van der Waals surface area contributed by atoms with Crippen molar-refractivity contribution in [3.63, 3.8) is 0 Å². The topological polar surface area (TPSA) is 93.0 Å². The molecule has 0 aliphatic carbocycles. The lowest BCUT2D eigenvalue weighted by atomic mass is 9.82. The molecule has 6 heteroatoms. The minimum atomic E-state index is -0.210. The number of amides is 1. The summed E-state index contributed by atoms with van der Waals surface area (Å²) in [5.41, 5.74) is 7.63. The van der Waals surface area contributed by atoms with E-state index in [2.05, 4.69) is 22.4 Å². The monoisotopic (exact) mass is 280 g/mol. The molecule has 0 atom stereocenters. The van der Waals surface area contributed by atoms with Gasteiger partial charge in [-0.2, -0.15) is 5.10 Å². The summed E-state index contributed by atoms with van der Waals surface area (Å²) in [6, 6.07) is 0. The SMILES string of the molecule is CC(C)c1[nH]nc(C(=O)NCC2(C)CCOCC2)c1N. The van der Waals surface area contributed by atoms with Crippen LogP contribution in [0.3, 0.4) is 0 Å². The van der Waals surface area contributed by atoms with Gasteiger partial charge in [-0.25, -0.2) is 0 Å². The van der Waals surface area contributed by atoms with Gasteiger partial charge >= 0.3 is 0 Å². The summed E-state index contributed by atoms with van der Waals surface area (Å²) >= 11 is 0. The number of nitrogens with two attached hydrogens (primary N) is 1. The molecule has 112 valence electrons. The first-order chi connectivity index (χ1) is 9.43. The summed E-state index contributed by atoms with van der Waals surface area (Å²) in [6.07, 6.45) is 1.92. The van der Waals surface area contributed by atoms with Crippen LogP contribution >= 0.6 is 0 Å². The Kier molecular flexibility index (Phi) is 4.32. The zero-order valence-electron chi connectivity index (χ0n) is 12.5. The molecule has 1 aliphatic heterocycles. The van der Waals surface area contributed by atoms with Crippen molar-refractivity contribution < 1.29 is 9.53 Å². The van der Waals surface area contributed by atoms with Crippen LogP contribution < -0.4 is 11.1 Å². The largest absolute Gasteiger partial charge is 0.395 e. The number of carbonyl (C=O) groups is 1. The second kappa shape index (κ2) is 5.83. The summed E-state index contributed by atoms with van der Waals surface area (Å²) in [5.74, 6) is 0.00966. The van der Waals surface area contributed by atoms with E-state index in [1.165, 1.54) is 0 Å². The van der Waals surface area contributed by atoms with Crippen molar-refractivity contribution in [2.45, 2.75) is 39.5 Å². The number of anilines is 1. The number of aromatic amines is 1. The van der Waals surface area contributed by atoms with Gasteiger partial charge in [0.1, 0.15) is 0 Å². The van der Waals surface area contributed by atoms with Crippen LogP contribution in [0.2, 0.25) is 0 Å². The molecule has 1 fully saturated rings. The quantitative estimate of drug-likeness (QED) is 0.782. The second-order valence-electron chi connectivity index (χ2n) is 6.16. The Bertz CT molecular complexity index is 476. The fourth-order valence-corrected chi connectivity index (χ4v) is 2.40. The third kappa shape index (κ3) is 3.12. The van der Waals surface area contributed by atoms with Crippen LogP contribution in [0.1, 0.15) is 55.7 Å². The standard InChI is InChI=1S/C14H24N4O2/c1-9(2)11-10(15)12(18-17-11)13(19)16-8-14(3)4-6-20-7-5-14/h9H,4-8,15H2,1-3H3,(H,16,19)(H,17,18). The van der Waals surface area contributed by atoms with E-state index in [4.69, 9.17) is 10.5 Å². The molecule has 0 spiro atoms. The number of nitrogens with zero attached hydrogens (tertiary/aromatic N) is 1. The molecule has 0 radical (unpaired) electrons. The van der Waals surface area contributed by atoms with Gasteiger partial charge < -0.3 is 15.8 Å². The third-order valence-electron chi connectivity index (χ3n) is 4.00. The van der Waals surface area contributed by atoms with Crippen LogP contribution in [0.25, 0.3) is 0 Å². The van der Waals surface area contributed by atoms with E-state index in [1.54, 1.807) is 0 Å². The number of H-pyrrole nitrogens is 1. The number of nitrogens with one attached hydrogen (secondary N) is 2. The van der Waals surface area contributed by atoms with Crippen molar-refractivity contribution in [3.05, 3.63) is 11.4 Å². The van der Waals surface area contributed by atoms with Gasteiger partial charge in [0.05, 0.1) is 11.4 Å². The van der Waals surface area contributed by atoms with E-state index < -0.39 is 0 Å². The van der Waals surface area contributed by atoms with Crippen molar-refractivity contribution in [1.29, 1.82) is 0 Å². The fourth-order valence-electron chi connectivity index (χ4n) is 2.40. The van der Waals surface area contributed by atoms with Gasteiger partial charge in [0.2, 0.25) is 0 Å². The number of rotatable bonds is 4. The van der Waals surface area contributed by atoms with Crippen molar-refractivity contribution in [1.82, 2.24) is 15.5 Å². The molecule has 1 saturated heterocycles. The lowest BCUT2D eigenvalue weighted by molar-refractivity contribution is 0.0238. The summed E-state index contributed by atoms with van der Waals surface area (Å²) in [6.45, 7) is 8.33. The molecule has 20 heavy (non-hydrogen) atoms. The zero-order valence-corrected chi connectivity index (χ0v) is 12.5. The van der Waals surface area contributed by atoms with Crippen LogP contribution in [-0.4, -0.2) is 35.9 Å². The average Bonchev–Trinajstić information content (AvgIpc) is 2.79. The summed E-state index contributed by atoms with van der Waals surface area (Å²) in [7, 11) is 0. The van der Waals surface area contributed by atoms with Crippen molar-refractivity contribution in [2.75, 3.05) is 25.5 Å². The van der Waals surface area contributed by atoms with Crippen LogP contribution in [-0.2, 0) is 4.74 Å². The first kappa shape index (κ1) is 14.8. The van der Waals surface area contributed by atoms with E-state index in [9.17, 15) is 4.79 Å². The van der Waals surface area contributed by atoms with Gasteiger partial charge in [0.25, 0.3) is 5.91 Å². The fraction of sp³-hybridized carbons (Fsp3) is 0.714. The Hall–Kier alpha value is -1.56. The maximum absolute atomic E-state index is 12.2. The molecule has 6 nitrogen and oxygen atoms in total. The minimum absolute atomic E-state index is 0.0971. The highest BCUT2D eigenvalue weighted by atomic mass is 16.5. The van der Waals surface area contributed by atoms with Crippen LogP contribution in [0, 0.1) is 5.41 Å². The highest BCUT2D eigenvalue weighted by Gasteiger charge is 2.28. The predicted molar refractivity (Wildman–Crippen MR) is 77.6 cm³/mol. The maximum atomic E-state index is 12.2. The van der Waals surface area contributed by atoms with Gasteiger partial charge in [0, 0.05) is 19.8 Å². The van der Waals surface area contributed by atoms with E-state index >= 15 is 0 Å². The second-order valence-corrected chi connectivity index (χ2v) is 6.16.